The van der Waals surface area contributed by atoms with E-state index in [1.54, 1.807) is 0 Å². The van der Waals surface area contributed by atoms with Gasteiger partial charge < -0.3 is 20.3 Å². The second-order valence-corrected chi connectivity index (χ2v) is 22.1. The Morgan fingerprint density at radius 3 is 1.10 bits per heavy atom. The van der Waals surface area contributed by atoms with E-state index in [-0.39, 0.29) is 18.5 Å². The fourth-order valence-corrected chi connectivity index (χ4v) is 9.89. The van der Waals surface area contributed by atoms with Crippen molar-refractivity contribution in [2.45, 2.75) is 353 Å². The van der Waals surface area contributed by atoms with Crippen LogP contribution in [-0.2, 0) is 14.3 Å². The van der Waals surface area contributed by atoms with Crippen molar-refractivity contribution < 1.29 is 24.5 Å². The molecule has 0 fully saturated rings. The van der Waals surface area contributed by atoms with Gasteiger partial charge >= 0.3 is 5.97 Å². The summed E-state index contributed by atoms with van der Waals surface area (Å²) in [5.74, 6) is -0.0516. The molecule has 0 heterocycles. The molecule has 0 saturated carbocycles. The molecule has 3 N–H and O–H groups in total. The minimum atomic E-state index is -0.673. The number of ether oxygens (including phenoxy) is 1. The second kappa shape index (κ2) is 62.4. The number of hydrogen-bond donors (Lipinski definition) is 3. The van der Waals surface area contributed by atoms with Gasteiger partial charge in [0.1, 0.15) is 0 Å². The van der Waals surface area contributed by atoms with Gasteiger partial charge in [0.2, 0.25) is 5.91 Å². The molecule has 0 aliphatic rings. The molecule has 0 aromatic heterocycles. The topological polar surface area (TPSA) is 95.9 Å². The minimum absolute atomic E-state index is 0.00836. The lowest BCUT2D eigenvalue weighted by Crippen LogP contribution is -2.45. The summed E-state index contributed by atoms with van der Waals surface area (Å²) in [6, 6.07) is -0.551. The number of carbonyl (C=O) groups excluding carboxylic acids is 2. The SMILES string of the molecule is CCC/C=C\C/C=C\CCCCCCCC(=O)OCCCCCCCCCCC/C=C\C/C=C\CCCCCCCCCC(=O)NC(CO)C(O)CCCCCCCCCCCCCCCCCCCCCC. The zero-order valence-electron chi connectivity index (χ0n) is 48.9. The first-order valence-corrected chi connectivity index (χ1v) is 32.4. The number of aliphatic hydroxyl groups excluding tert-OH is 2. The molecule has 0 radical (unpaired) electrons. The van der Waals surface area contributed by atoms with Crippen LogP contribution in [0, 0.1) is 0 Å². The minimum Gasteiger partial charge on any atom is -0.466 e. The third-order valence-electron chi connectivity index (χ3n) is 14.8. The van der Waals surface area contributed by atoms with Crippen molar-refractivity contribution in [2.24, 2.45) is 0 Å². The standard InChI is InChI=1S/C67H125NO5/c1-3-5-7-9-11-13-15-17-18-19-20-26-29-32-36-39-43-47-51-55-59-65(70)64(63-69)68-66(71)60-56-52-48-44-40-37-33-30-27-24-22-21-23-25-28-31-34-38-42-46-50-54-58-62-73-67(72)61-57-53-49-45-41-35-16-14-12-10-8-6-4-2/h8,10,14,16,21,23-24,27,64-65,69-70H,3-7,9,11-13,15,17-20,22,25-26,28-63H2,1-2H3,(H,68,71)/b10-8-,16-14-,23-21-,27-24-. The van der Waals surface area contributed by atoms with Gasteiger partial charge in [-0.25, -0.2) is 0 Å². The molecule has 6 nitrogen and oxygen atoms in total. The summed E-state index contributed by atoms with van der Waals surface area (Å²) in [5.41, 5.74) is 0. The van der Waals surface area contributed by atoms with Crippen molar-refractivity contribution in [1.82, 2.24) is 5.32 Å². The Morgan fingerprint density at radius 2 is 0.712 bits per heavy atom. The average Bonchev–Trinajstić information content (AvgIpc) is 3.39. The third kappa shape index (κ3) is 58.9. The van der Waals surface area contributed by atoms with Gasteiger partial charge in [-0.15, -0.1) is 0 Å². The van der Waals surface area contributed by atoms with Crippen LogP contribution >= 0.6 is 0 Å². The third-order valence-corrected chi connectivity index (χ3v) is 14.8. The van der Waals surface area contributed by atoms with Gasteiger partial charge in [0, 0.05) is 12.8 Å². The van der Waals surface area contributed by atoms with Crippen LogP contribution in [0.5, 0.6) is 0 Å². The van der Waals surface area contributed by atoms with Gasteiger partial charge in [-0.05, 0) is 83.5 Å². The van der Waals surface area contributed by atoms with Gasteiger partial charge in [-0.3, -0.25) is 9.59 Å². The first-order chi connectivity index (χ1) is 36.0. The summed E-state index contributed by atoms with van der Waals surface area (Å²) in [4.78, 5) is 24.5. The molecule has 0 aromatic carbocycles. The Balaban J connectivity index is 3.46. The lowest BCUT2D eigenvalue weighted by atomic mass is 10.0. The molecule has 0 aliphatic carbocycles. The highest BCUT2D eigenvalue weighted by Crippen LogP contribution is 2.18. The normalized spacial score (nSPS) is 12.9. The molecular weight excluding hydrogens is 899 g/mol. The van der Waals surface area contributed by atoms with Crippen molar-refractivity contribution in [3.8, 4) is 0 Å². The zero-order valence-corrected chi connectivity index (χ0v) is 48.9. The molecule has 1 amide bonds. The summed E-state index contributed by atoms with van der Waals surface area (Å²) in [6.07, 6.45) is 79.8. The van der Waals surface area contributed by atoms with E-state index in [0.29, 0.717) is 25.9 Å². The van der Waals surface area contributed by atoms with E-state index < -0.39 is 12.1 Å². The van der Waals surface area contributed by atoms with Crippen molar-refractivity contribution in [3.05, 3.63) is 48.6 Å². The van der Waals surface area contributed by atoms with Crippen LogP contribution in [-0.4, -0.2) is 47.4 Å². The van der Waals surface area contributed by atoms with Crippen molar-refractivity contribution in [3.63, 3.8) is 0 Å². The summed E-state index contributed by atoms with van der Waals surface area (Å²) < 4.78 is 5.46. The quantitative estimate of drug-likeness (QED) is 0.0320. The summed E-state index contributed by atoms with van der Waals surface area (Å²) in [5, 5.41) is 23.4. The maximum absolute atomic E-state index is 12.5. The van der Waals surface area contributed by atoms with Gasteiger partial charge in [0.15, 0.2) is 0 Å². The Morgan fingerprint density at radius 1 is 0.384 bits per heavy atom. The fraction of sp³-hybridized carbons (Fsp3) is 0.851. The molecule has 2 atom stereocenters. The zero-order chi connectivity index (χ0) is 52.9. The monoisotopic (exact) mass is 1020 g/mol. The fourth-order valence-electron chi connectivity index (χ4n) is 9.89. The highest BCUT2D eigenvalue weighted by molar-refractivity contribution is 5.76. The number of hydrogen-bond acceptors (Lipinski definition) is 5. The van der Waals surface area contributed by atoms with Gasteiger partial charge in [0.05, 0.1) is 25.4 Å². The molecule has 6 heteroatoms. The second-order valence-electron chi connectivity index (χ2n) is 22.1. The number of carbonyl (C=O) groups is 2. The Hall–Kier alpha value is -2.18. The van der Waals surface area contributed by atoms with E-state index >= 15 is 0 Å². The van der Waals surface area contributed by atoms with Crippen LogP contribution < -0.4 is 5.32 Å². The number of rotatable bonds is 60. The molecule has 428 valence electrons. The maximum Gasteiger partial charge on any atom is 0.305 e. The Labute approximate surface area is 455 Å². The first kappa shape index (κ1) is 70.8. The predicted octanol–water partition coefficient (Wildman–Crippen LogP) is 20.5. The Bertz CT molecular complexity index is 1230. The highest BCUT2D eigenvalue weighted by atomic mass is 16.5. The van der Waals surface area contributed by atoms with Crippen LogP contribution in [0.15, 0.2) is 48.6 Å². The molecule has 0 aliphatic heterocycles. The van der Waals surface area contributed by atoms with Gasteiger partial charge in [-0.2, -0.15) is 0 Å². The van der Waals surface area contributed by atoms with E-state index in [1.165, 1.54) is 244 Å². The maximum atomic E-state index is 12.5. The van der Waals surface area contributed by atoms with E-state index in [9.17, 15) is 19.8 Å². The largest absolute Gasteiger partial charge is 0.466 e. The molecular formula is C67H125NO5. The van der Waals surface area contributed by atoms with Gasteiger partial charge in [0.25, 0.3) is 0 Å². The van der Waals surface area contributed by atoms with Crippen molar-refractivity contribution in [1.29, 1.82) is 0 Å². The average molecular weight is 1020 g/mol. The smallest absolute Gasteiger partial charge is 0.305 e. The van der Waals surface area contributed by atoms with E-state index in [0.717, 1.165) is 64.2 Å². The highest BCUT2D eigenvalue weighted by Gasteiger charge is 2.20. The van der Waals surface area contributed by atoms with E-state index in [1.807, 2.05) is 0 Å². The molecule has 0 saturated heterocycles. The van der Waals surface area contributed by atoms with Gasteiger partial charge in [-0.1, -0.05) is 294 Å². The van der Waals surface area contributed by atoms with Crippen LogP contribution in [0.1, 0.15) is 341 Å². The molecule has 73 heavy (non-hydrogen) atoms. The van der Waals surface area contributed by atoms with E-state index in [4.69, 9.17) is 4.74 Å². The summed E-state index contributed by atoms with van der Waals surface area (Å²) >= 11 is 0. The lowest BCUT2D eigenvalue weighted by molar-refractivity contribution is -0.143. The molecule has 2 unspecified atom stereocenters. The lowest BCUT2D eigenvalue weighted by Gasteiger charge is -2.22. The van der Waals surface area contributed by atoms with Crippen LogP contribution in [0.25, 0.3) is 0 Å². The number of amides is 1. The number of unbranched alkanes of at least 4 members (excludes halogenated alkanes) is 41. The number of aliphatic hydroxyl groups is 2. The van der Waals surface area contributed by atoms with Crippen LogP contribution in [0.4, 0.5) is 0 Å². The van der Waals surface area contributed by atoms with Crippen molar-refractivity contribution >= 4 is 11.9 Å². The number of esters is 1. The summed E-state index contributed by atoms with van der Waals surface area (Å²) in [6.45, 7) is 4.89. The number of nitrogens with one attached hydrogen (secondary N) is 1. The molecule has 0 spiro atoms. The molecule has 0 bridgehead atoms. The summed E-state index contributed by atoms with van der Waals surface area (Å²) in [7, 11) is 0. The molecule has 0 aromatic rings. The van der Waals surface area contributed by atoms with Crippen LogP contribution in [0.2, 0.25) is 0 Å². The Kier molecular flexibility index (Phi) is 60.5. The number of allylic oxidation sites excluding steroid dienone is 8. The van der Waals surface area contributed by atoms with E-state index in [2.05, 4.69) is 67.8 Å². The predicted molar refractivity (Wildman–Crippen MR) is 319 cm³/mol. The molecule has 0 rings (SSSR count). The van der Waals surface area contributed by atoms with Crippen molar-refractivity contribution in [2.75, 3.05) is 13.2 Å². The first-order valence-electron chi connectivity index (χ1n) is 32.4. The van der Waals surface area contributed by atoms with Crippen LogP contribution in [0.3, 0.4) is 0 Å².